The van der Waals surface area contributed by atoms with Crippen LogP contribution in [0.2, 0.25) is 0 Å². The van der Waals surface area contributed by atoms with Crippen molar-refractivity contribution in [2.24, 2.45) is 0 Å². The van der Waals surface area contributed by atoms with Crippen molar-refractivity contribution in [2.75, 3.05) is 20.1 Å². The van der Waals surface area contributed by atoms with E-state index >= 15 is 0 Å². The summed E-state index contributed by atoms with van der Waals surface area (Å²) in [6.07, 6.45) is 0. The van der Waals surface area contributed by atoms with Crippen LogP contribution in [0, 0.1) is 0 Å². The molecule has 0 atom stereocenters. The van der Waals surface area contributed by atoms with Gasteiger partial charge in [0.2, 0.25) is 0 Å². The zero-order valence-electron chi connectivity index (χ0n) is 13.4. The molecule has 1 aromatic carbocycles. The number of rotatable bonds is 6. The maximum absolute atomic E-state index is 12.5. The van der Waals surface area contributed by atoms with E-state index in [1.54, 1.807) is 44.0 Å². The highest BCUT2D eigenvalue weighted by molar-refractivity contribution is 6.00. The van der Waals surface area contributed by atoms with Crippen molar-refractivity contribution in [1.82, 2.24) is 9.80 Å². The normalized spacial score (nSPS) is 10.4. The first-order valence-corrected chi connectivity index (χ1v) is 7.16. The molecule has 6 nitrogen and oxygen atoms in total. The van der Waals surface area contributed by atoms with Gasteiger partial charge in [-0.3, -0.25) is 14.4 Å². The predicted octanol–water partition coefficient (Wildman–Crippen LogP) is 1.71. The zero-order valence-corrected chi connectivity index (χ0v) is 13.4. The van der Waals surface area contributed by atoms with Gasteiger partial charge < -0.3 is 14.9 Å². The van der Waals surface area contributed by atoms with E-state index in [0.29, 0.717) is 17.7 Å². The smallest absolute Gasteiger partial charge is 0.323 e. The van der Waals surface area contributed by atoms with E-state index in [1.807, 2.05) is 6.92 Å². The van der Waals surface area contributed by atoms with Crippen molar-refractivity contribution in [3.63, 3.8) is 0 Å². The summed E-state index contributed by atoms with van der Waals surface area (Å²) < 4.78 is 0. The monoisotopic (exact) mass is 306 g/mol. The van der Waals surface area contributed by atoms with E-state index in [4.69, 9.17) is 5.11 Å². The van der Waals surface area contributed by atoms with Crippen LogP contribution in [0.25, 0.3) is 0 Å². The summed E-state index contributed by atoms with van der Waals surface area (Å²) in [5, 5.41) is 8.92. The van der Waals surface area contributed by atoms with E-state index in [-0.39, 0.29) is 18.5 Å². The molecule has 0 aliphatic carbocycles. The Hall–Kier alpha value is -2.37. The summed E-state index contributed by atoms with van der Waals surface area (Å²) in [5.41, 5.74) is 0.722. The van der Waals surface area contributed by atoms with E-state index < -0.39 is 11.9 Å². The van der Waals surface area contributed by atoms with Crippen LogP contribution < -0.4 is 0 Å². The van der Waals surface area contributed by atoms with E-state index in [2.05, 4.69) is 0 Å². The molecule has 0 radical (unpaired) electrons. The molecule has 1 N–H and O–H groups in total. The van der Waals surface area contributed by atoms with Crippen LogP contribution in [-0.4, -0.2) is 58.9 Å². The molecule has 0 aliphatic rings. The van der Waals surface area contributed by atoms with Crippen molar-refractivity contribution in [3.05, 3.63) is 35.4 Å². The molecule has 6 heteroatoms. The molecule has 0 aliphatic heterocycles. The second-order valence-electron chi connectivity index (χ2n) is 5.32. The number of hydrogen-bond donors (Lipinski definition) is 1. The molecule has 1 aromatic rings. The summed E-state index contributed by atoms with van der Waals surface area (Å²) in [7, 11) is 1.68. The first-order valence-electron chi connectivity index (χ1n) is 7.16. The molecule has 2 amide bonds. The molecule has 0 unspecified atom stereocenters. The van der Waals surface area contributed by atoms with Gasteiger partial charge in [-0.2, -0.15) is 0 Å². The summed E-state index contributed by atoms with van der Waals surface area (Å²) in [6.45, 7) is 5.55. The number of carboxylic acid groups (broad SMARTS) is 1. The number of amides is 2. The van der Waals surface area contributed by atoms with Gasteiger partial charge >= 0.3 is 5.97 Å². The largest absolute Gasteiger partial charge is 0.480 e. The average Bonchev–Trinajstić information content (AvgIpc) is 2.50. The van der Waals surface area contributed by atoms with Gasteiger partial charge in [0.05, 0.1) is 0 Å². The highest BCUT2D eigenvalue weighted by Gasteiger charge is 2.22. The average molecular weight is 306 g/mol. The first-order chi connectivity index (χ1) is 10.3. The lowest BCUT2D eigenvalue weighted by Gasteiger charge is -2.25. The number of hydrogen-bond acceptors (Lipinski definition) is 3. The van der Waals surface area contributed by atoms with Gasteiger partial charge in [-0.25, -0.2) is 0 Å². The summed E-state index contributed by atoms with van der Waals surface area (Å²) in [5.74, 6) is -1.64. The lowest BCUT2D eigenvalue weighted by atomic mass is 10.1. The van der Waals surface area contributed by atoms with Crippen molar-refractivity contribution in [2.45, 2.75) is 26.8 Å². The van der Waals surface area contributed by atoms with E-state index in [1.165, 1.54) is 11.0 Å². The molecule has 120 valence electrons. The van der Waals surface area contributed by atoms with Crippen LogP contribution in [0.15, 0.2) is 24.3 Å². The second-order valence-corrected chi connectivity index (χ2v) is 5.32. The first kappa shape index (κ1) is 17.7. The van der Waals surface area contributed by atoms with Crippen LogP contribution >= 0.6 is 0 Å². The Morgan fingerprint density at radius 3 is 2.14 bits per heavy atom. The lowest BCUT2D eigenvalue weighted by molar-refractivity contribution is -0.138. The topological polar surface area (TPSA) is 77.9 Å². The zero-order chi connectivity index (χ0) is 16.9. The Balaban J connectivity index is 3.08. The van der Waals surface area contributed by atoms with Gasteiger partial charge in [0.1, 0.15) is 6.54 Å². The van der Waals surface area contributed by atoms with Gasteiger partial charge in [-0.1, -0.05) is 6.07 Å². The number of carbonyl (C=O) groups is 3. The summed E-state index contributed by atoms with van der Waals surface area (Å²) in [6, 6.07) is 6.11. The molecule has 0 saturated heterocycles. The fourth-order valence-corrected chi connectivity index (χ4v) is 1.95. The minimum absolute atomic E-state index is 0.175. The number of nitrogens with zero attached hydrogens (tertiary/aromatic N) is 2. The molecule has 0 saturated carbocycles. The molecule has 0 heterocycles. The Morgan fingerprint density at radius 1 is 1.14 bits per heavy atom. The van der Waals surface area contributed by atoms with Crippen LogP contribution in [0.1, 0.15) is 41.5 Å². The Morgan fingerprint density at radius 2 is 1.68 bits per heavy atom. The van der Waals surface area contributed by atoms with Crippen molar-refractivity contribution < 1.29 is 19.5 Å². The predicted molar refractivity (Wildman–Crippen MR) is 82.9 cm³/mol. The van der Waals surface area contributed by atoms with Crippen molar-refractivity contribution >= 4 is 17.8 Å². The Kier molecular flexibility index (Phi) is 6.10. The molecular formula is C16H22N2O4. The molecule has 0 bridgehead atoms. The molecule has 0 aromatic heterocycles. The number of aliphatic carboxylic acids is 1. The Bertz CT molecular complexity index is 569. The van der Waals surface area contributed by atoms with Gasteiger partial charge in [0.15, 0.2) is 0 Å². The number of carboxylic acids is 1. The minimum atomic E-state index is -1.07. The van der Waals surface area contributed by atoms with Crippen molar-refractivity contribution in [1.29, 1.82) is 0 Å². The van der Waals surface area contributed by atoms with E-state index in [0.717, 1.165) is 0 Å². The van der Waals surface area contributed by atoms with Crippen LogP contribution in [0.5, 0.6) is 0 Å². The third-order valence-electron chi connectivity index (χ3n) is 3.37. The minimum Gasteiger partial charge on any atom is -0.480 e. The second kappa shape index (κ2) is 7.59. The number of carbonyl (C=O) groups excluding carboxylic acids is 2. The van der Waals surface area contributed by atoms with Gasteiger partial charge in [0, 0.05) is 30.8 Å². The molecule has 0 spiro atoms. The van der Waals surface area contributed by atoms with Gasteiger partial charge in [-0.05, 0) is 39.0 Å². The fourth-order valence-electron chi connectivity index (χ4n) is 1.95. The van der Waals surface area contributed by atoms with E-state index in [9.17, 15) is 14.4 Å². The maximum Gasteiger partial charge on any atom is 0.323 e. The molecule has 1 rings (SSSR count). The van der Waals surface area contributed by atoms with Crippen molar-refractivity contribution in [3.8, 4) is 0 Å². The maximum atomic E-state index is 12.5. The standard InChI is InChI=1S/C16H22N2O4/c1-5-17(4)15(21)12-7-6-8-13(9-12)16(22)18(11(2)3)10-14(19)20/h6-9,11H,5,10H2,1-4H3,(H,19,20). The molecule has 22 heavy (non-hydrogen) atoms. The fraction of sp³-hybridized carbons (Fsp3) is 0.438. The SMILES string of the molecule is CCN(C)C(=O)c1cccc(C(=O)N(CC(=O)O)C(C)C)c1. The van der Waals surface area contributed by atoms with Crippen LogP contribution in [0.4, 0.5) is 0 Å². The summed E-state index contributed by atoms with van der Waals surface area (Å²) in [4.78, 5) is 38.3. The third kappa shape index (κ3) is 4.31. The lowest BCUT2D eigenvalue weighted by Crippen LogP contribution is -2.40. The van der Waals surface area contributed by atoms with Gasteiger partial charge in [-0.15, -0.1) is 0 Å². The van der Waals surface area contributed by atoms with Gasteiger partial charge in [0.25, 0.3) is 11.8 Å². The highest BCUT2D eigenvalue weighted by Crippen LogP contribution is 2.12. The third-order valence-corrected chi connectivity index (χ3v) is 3.37. The summed E-state index contributed by atoms with van der Waals surface area (Å²) >= 11 is 0. The van der Waals surface area contributed by atoms with Crippen LogP contribution in [-0.2, 0) is 4.79 Å². The molecular weight excluding hydrogens is 284 g/mol. The quantitative estimate of drug-likeness (QED) is 0.868. The highest BCUT2D eigenvalue weighted by atomic mass is 16.4. The van der Waals surface area contributed by atoms with Crippen LogP contribution in [0.3, 0.4) is 0 Å². The number of benzene rings is 1. The Labute approximate surface area is 130 Å². The molecule has 0 fully saturated rings.